The van der Waals surface area contributed by atoms with Crippen LogP contribution in [0.2, 0.25) is 0 Å². The first kappa shape index (κ1) is 27.0. The SMILES string of the molecule is [2H]c1cc([2H])c(-c2cc(-c3c([2H])cc([2H])cc3[2H])c3c(c2[2H])c2c([2H])c([2H])cc([2H])c2n3-c2ccc(-c3nc(-c4ccccc4)nc(-c4ccccc4)n3)cc2-c2cccc3c2sc2ccccc23)c([2H])c1. The molecule has 62 heavy (non-hydrogen) atoms. The second-order valence-corrected chi connectivity index (χ2v) is 15.8. The van der Waals surface area contributed by atoms with Crippen molar-refractivity contribution in [3.63, 3.8) is 0 Å². The lowest BCUT2D eigenvalue weighted by Gasteiger charge is -2.18. The molecule has 0 N–H and O–H groups in total. The zero-order valence-electron chi connectivity index (χ0n) is 42.7. The molecule has 0 radical (unpaired) electrons. The van der Waals surface area contributed by atoms with Crippen LogP contribution in [-0.2, 0) is 0 Å². The Hall–Kier alpha value is -7.99. The van der Waals surface area contributed by atoms with Crippen LogP contribution < -0.4 is 0 Å². The van der Waals surface area contributed by atoms with Gasteiger partial charge in [-0.05, 0) is 59.1 Å². The molecule has 0 amide bonds. The van der Waals surface area contributed by atoms with E-state index in [0.29, 0.717) is 34.3 Å². The van der Waals surface area contributed by atoms with Gasteiger partial charge in [0.05, 0.1) is 30.4 Å². The predicted octanol–water partition coefficient (Wildman–Crippen LogP) is 15.3. The van der Waals surface area contributed by atoms with Crippen molar-refractivity contribution in [1.82, 2.24) is 19.5 Å². The number of fused-ring (bicyclic) bond motifs is 6. The molecule has 12 aromatic rings. The summed E-state index contributed by atoms with van der Waals surface area (Å²) in [6.45, 7) is 0. The van der Waals surface area contributed by atoms with Crippen molar-refractivity contribution in [3.05, 3.63) is 218 Å². The van der Waals surface area contributed by atoms with Gasteiger partial charge in [0.15, 0.2) is 17.5 Å². The Morgan fingerprint density at radius 3 is 1.74 bits per heavy atom. The molecule has 4 nitrogen and oxygen atoms in total. The van der Waals surface area contributed by atoms with Crippen LogP contribution in [0.5, 0.6) is 0 Å². The van der Waals surface area contributed by atoms with Gasteiger partial charge in [0.2, 0.25) is 0 Å². The normalized spacial score (nSPS) is 13.8. The second-order valence-electron chi connectivity index (χ2n) is 14.7. The van der Waals surface area contributed by atoms with Gasteiger partial charge in [0, 0.05) is 64.3 Å². The van der Waals surface area contributed by atoms with Crippen molar-refractivity contribution < 1.29 is 13.7 Å². The van der Waals surface area contributed by atoms with Crippen LogP contribution in [0.4, 0.5) is 0 Å². The fourth-order valence-electron chi connectivity index (χ4n) is 8.29. The van der Waals surface area contributed by atoms with Crippen LogP contribution in [0.25, 0.3) is 115 Å². The Morgan fingerprint density at radius 2 is 1.02 bits per heavy atom. The van der Waals surface area contributed by atoms with E-state index in [-0.39, 0.29) is 104 Å². The summed E-state index contributed by atoms with van der Waals surface area (Å²) in [6, 6.07) is 45.7. The molecule has 0 aliphatic carbocycles. The van der Waals surface area contributed by atoms with Gasteiger partial charge >= 0.3 is 0 Å². The lowest BCUT2D eigenvalue weighted by Crippen LogP contribution is -2.02. The van der Waals surface area contributed by atoms with Gasteiger partial charge < -0.3 is 4.57 Å². The first-order valence-corrected chi connectivity index (χ1v) is 20.8. The van der Waals surface area contributed by atoms with Crippen molar-refractivity contribution in [2.45, 2.75) is 0 Å². The monoisotopic (exact) mass is 818 g/mol. The van der Waals surface area contributed by atoms with Crippen LogP contribution in [0.1, 0.15) is 13.7 Å². The fourth-order valence-corrected chi connectivity index (χ4v) is 9.52. The van der Waals surface area contributed by atoms with Crippen LogP contribution in [0, 0.1) is 0 Å². The van der Waals surface area contributed by atoms with E-state index >= 15 is 0 Å². The number of para-hydroxylation sites is 1. The fraction of sp³-hybridized carbons (Fsp3) is 0. The topological polar surface area (TPSA) is 43.6 Å². The van der Waals surface area contributed by atoms with E-state index in [1.54, 1.807) is 22.0 Å². The van der Waals surface area contributed by atoms with Crippen LogP contribution in [0.3, 0.4) is 0 Å². The van der Waals surface area contributed by atoms with Gasteiger partial charge in [-0.2, -0.15) is 0 Å². The minimum atomic E-state index is -0.268. The summed E-state index contributed by atoms with van der Waals surface area (Å²) in [5.74, 6) is 1.32. The van der Waals surface area contributed by atoms with Crippen molar-refractivity contribution in [2.24, 2.45) is 0 Å². The van der Waals surface area contributed by atoms with Gasteiger partial charge in [-0.15, -0.1) is 11.3 Å². The van der Waals surface area contributed by atoms with Crippen molar-refractivity contribution in [3.8, 4) is 73.2 Å². The van der Waals surface area contributed by atoms with Gasteiger partial charge in [-0.3, -0.25) is 0 Å². The summed E-state index contributed by atoms with van der Waals surface area (Å²) < 4.78 is 95.4. The Labute approximate surface area is 376 Å². The highest BCUT2D eigenvalue weighted by atomic mass is 32.1. The molecule has 9 aromatic carbocycles. The summed E-state index contributed by atoms with van der Waals surface area (Å²) >= 11 is 1.63. The molecule has 3 aromatic heterocycles. The van der Waals surface area contributed by atoms with E-state index < -0.39 is 0 Å². The number of thiophene rings is 1. The number of hydrogen-bond donors (Lipinski definition) is 0. The molecular formula is C57H36N4S. The summed E-state index contributed by atoms with van der Waals surface area (Å²) in [7, 11) is 0. The van der Waals surface area contributed by atoms with E-state index in [1.807, 2.05) is 103 Å². The average Bonchev–Trinajstić information content (AvgIpc) is 3.94. The molecule has 0 aliphatic heterocycles. The molecule has 0 unspecified atom stereocenters. The van der Waals surface area contributed by atoms with Crippen LogP contribution in [0.15, 0.2) is 218 Å². The zero-order chi connectivity index (χ0) is 49.7. The van der Waals surface area contributed by atoms with Crippen LogP contribution >= 0.6 is 11.3 Å². The van der Waals surface area contributed by atoms with Gasteiger partial charge in [0.1, 0.15) is 0 Å². The van der Waals surface area contributed by atoms with Crippen LogP contribution in [-0.4, -0.2) is 19.5 Å². The lowest BCUT2D eigenvalue weighted by atomic mass is 9.95. The number of benzene rings is 9. The molecule has 0 fully saturated rings. The quantitative estimate of drug-likeness (QED) is 0.161. The molecule has 0 aliphatic rings. The maximum absolute atomic E-state index is 10.1. The summed E-state index contributed by atoms with van der Waals surface area (Å²) in [5.41, 5.74) is 5.01. The van der Waals surface area contributed by atoms with Gasteiger partial charge in [-0.1, -0.05) is 176 Å². The van der Waals surface area contributed by atoms with E-state index in [9.17, 15) is 6.85 Å². The number of rotatable bonds is 7. The Balaban J connectivity index is 1.26. The first-order chi connectivity index (χ1) is 34.8. The van der Waals surface area contributed by atoms with E-state index in [1.165, 1.54) is 30.3 Å². The third-order valence-electron chi connectivity index (χ3n) is 11.1. The van der Waals surface area contributed by atoms with Crippen molar-refractivity contribution >= 4 is 53.3 Å². The van der Waals surface area contributed by atoms with Gasteiger partial charge in [-0.25, -0.2) is 15.0 Å². The van der Waals surface area contributed by atoms with E-state index in [2.05, 4.69) is 18.2 Å². The Kier molecular flexibility index (Phi) is 6.49. The predicted molar refractivity (Wildman–Crippen MR) is 260 cm³/mol. The molecule has 0 bridgehead atoms. The molecule has 3 heterocycles. The summed E-state index contributed by atoms with van der Waals surface area (Å²) in [5, 5.41) is 2.29. The third-order valence-corrected chi connectivity index (χ3v) is 12.3. The maximum Gasteiger partial charge on any atom is 0.164 e. The number of aromatic nitrogens is 4. The molecule has 0 saturated carbocycles. The zero-order valence-corrected chi connectivity index (χ0v) is 33.5. The smallest absolute Gasteiger partial charge is 0.164 e. The highest BCUT2D eigenvalue weighted by Crippen LogP contribution is 2.46. The van der Waals surface area contributed by atoms with Gasteiger partial charge in [0.25, 0.3) is 0 Å². The van der Waals surface area contributed by atoms with Crippen molar-refractivity contribution in [1.29, 1.82) is 0 Å². The largest absolute Gasteiger partial charge is 0.308 e. The minimum absolute atomic E-state index is 0.0263. The second kappa shape index (κ2) is 14.9. The summed E-state index contributed by atoms with van der Waals surface area (Å²) in [4.78, 5) is 15.1. The molecule has 290 valence electrons. The van der Waals surface area contributed by atoms with E-state index in [0.717, 1.165) is 36.9 Å². The van der Waals surface area contributed by atoms with Crippen molar-refractivity contribution in [2.75, 3.05) is 0 Å². The third kappa shape index (κ3) is 6.09. The Morgan fingerprint density at radius 1 is 0.403 bits per heavy atom. The summed E-state index contributed by atoms with van der Waals surface area (Å²) in [6.07, 6.45) is 0. The standard InChI is InChI=1S/C57H36N4S/c1-5-18-37(19-6-1)42-35-47(38-20-7-2-8-21-38)53-49(36-42)43-26-13-15-30-50(43)61(53)51-33-32-41(34-48(51)46-29-17-28-45-44-27-14-16-31-52(44)62-54(45)46)57-59-55(39-22-9-3-10-23-39)58-56(60-57)40-24-11-4-12-25-40/h1-36H/i1D,2D,13D,18D,19D,20D,21D,26D,30D,36D. The lowest BCUT2D eigenvalue weighted by molar-refractivity contribution is 1.07. The first-order valence-electron chi connectivity index (χ1n) is 25.0. The highest BCUT2D eigenvalue weighted by molar-refractivity contribution is 7.26. The molecule has 12 rings (SSSR count). The molecule has 0 saturated heterocycles. The molecular weight excluding hydrogens is 773 g/mol. The molecule has 0 spiro atoms. The Bertz CT molecular complexity index is 4130. The molecule has 5 heteroatoms. The highest BCUT2D eigenvalue weighted by Gasteiger charge is 2.23. The molecule has 0 atom stereocenters. The minimum Gasteiger partial charge on any atom is -0.308 e. The maximum atomic E-state index is 10.1. The number of nitrogens with zero attached hydrogens (tertiary/aromatic N) is 4. The number of hydrogen-bond acceptors (Lipinski definition) is 4. The van der Waals surface area contributed by atoms with E-state index in [4.69, 9.17) is 21.8 Å². The average molecular weight is 819 g/mol.